The van der Waals surface area contributed by atoms with Crippen LogP contribution in [0.5, 0.6) is 0 Å². The lowest BCUT2D eigenvalue weighted by molar-refractivity contribution is 0.107. The summed E-state index contributed by atoms with van der Waals surface area (Å²) in [5, 5.41) is -0.0888. The van der Waals surface area contributed by atoms with E-state index in [0.717, 1.165) is 11.0 Å². The van der Waals surface area contributed by atoms with E-state index < -0.39 is 5.24 Å². The fourth-order valence-corrected chi connectivity index (χ4v) is 1.87. The zero-order chi connectivity index (χ0) is 9.14. The third-order valence-electron chi connectivity index (χ3n) is 1.24. The second-order valence-electron chi connectivity index (χ2n) is 1.99. The summed E-state index contributed by atoms with van der Waals surface area (Å²) in [6.07, 6.45) is 0. The second kappa shape index (κ2) is 4.38. The van der Waals surface area contributed by atoms with E-state index in [4.69, 9.17) is 33.9 Å². The monoisotopic (exact) mass is 240 g/mol. The molecule has 5 heteroatoms. The van der Waals surface area contributed by atoms with E-state index in [1.54, 1.807) is 12.1 Å². The maximum absolute atomic E-state index is 10.8. The zero-order valence-corrected chi connectivity index (χ0v) is 8.77. The Morgan fingerprint density at radius 3 is 2.58 bits per heavy atom. The fourth-order valence-electron chi connectivity index (χ4n) is 0.723. The Balaban J connectivity index is 3.21. The molecule has 0 fully saturated rings. The number of carbonyl (C=O) groups excluding carboxylic acids is 1. The van der Waals surface area contributed by atoms with Crippen LogP contribution in [-0.2, 0) is 0 Å². The van der Waals surface area contributed by atoms with Crippen molar-refractivity contribution in [2.75, 3.05) is 0 Å². The molecule has 1 nitrogen and oxygen atoms in total. The molecule has 64 valence electrons. The van der Waals surface area contributed by atoms with Crippen molar-refractivity contribution in [1.82, 2.24) is 0 Å². The molecular weight excluding hydrogens is 239 g/mol. The summed E-state index contributed by atoms with van der Waals surface area (Å²) >= 11 is 10.9. The lowest BCUT2D eigenvalue weighted by atomic mass is 10.2. The zero-order valence-electron chi connectivity index (χ0n) is 5.68. The molecule has 0 aliphatic rings. The van der Waals surface area contributed by atoms with Crippen LogP contribution in [0.3, 0.4) is 0 Å². The molecule has 0 spiro atoms. The molecule has 1 rings (SSSR count). The summed E-state index contributed by atoms with van der Waals surface area (Å²) in [6.45, 7) is 0. The molecule has 0 aromatic heterocycles. The molecular formula is C7H3Cl3OS. The lowest BCUT2D eigenvalue weighted by Crippen LogP contribution is -1.90. The molecule has 0 heterocycles. The van der Waals surface area contributed by atoms with Gasteiger partial charge in [-0.3, -0.25) is 4.79 Å². The fraction of sp³-hybridized carbons (Fsp3) is 0. The average Bonchev–Trinajstić information content (AvgIpc) is 2.04. The summed E-state index contributed by atoms with van der Waals surface area (Å²) < 4.78 is 0. The molecule has 1 aromatic rings. The molecule has 0 radical (unpaired) electrons. The molecule has 0 aliphatic carbocycles. The Morgan fingerprint density at radius 1 is 1.42 bits per heavy atom. The smallest absolute Gasteiger partial charge is 0.253 e. The summed E-state index contributed by atoms with van der Waals surface area (Å²) in [6, 6.07) is 4.78. The lowest BCUT2D eigenvalue weighted by Gasteiger charge is -2.00. The minimum Gasteiger partial charge on any atom is -0.276 e. The van der Waals surface area contributed by atoms with Crippen molar-refractivity contribution in [1.29, 1.82) is 0 Å². The van der Waals surface area contributed by atoms with Crippen molar-refractivity contribution >= 4 is 50.1 Å². The molecule has 0 saturated carbocycles. The summed E-state index contributed by atoms with van der Waals surface area (Å²) in [5.41, 5.74) is 0.337. The van der Waals surface area contributed by atoms with Crippen LogP contribution in [-0.4, -0.2) is 5.24 Å². The van der Waals surface area contributed by atoms with E-state index in [1.165, 1.54) is 6.07 Å². The molecule has 0 unspecified atom stereocenters. The second-order valence-corrected chi connectivity index (χ2v) is 3.83. The van der Waals surface area contributed by atoms with Gasteiger partial charge in [-0.15, -0.1) is 0 Å². The maximum atomic E-state index is 10.8. The van der Waals surface area contributed by atoms with E-state index in [-0.39, 0.29) is 0 Å². The van der Waals surface area contributed by atoms with Gasteiger partial charge in [0, 0.05) is 9.92 Å². The molecule has 0 aliphatic heterocycles. The first kappa shape index (κ1) is 10.2. The first-order chi connectivity index (χ1) is 5.65. The predicted molar refractivity (Wildman–Crippen MR) is 53.3 cm³/mol. The van der Waals surface area contributed by atoms with Crippen molar-refractivity contribution in [3.05, 3.63) is 28.8 Å². The van der Waals surface area contributed by atoms with Gasteiger partial charge in [0.2, 0.25) is 0 Å². The number of rotatable bonds is 2. The third kappa shape index (κ3) is 2.30. The third-order valence-corrected chi connectivity index (χ3v) is 2.70. The van der Waals surface area contributed by atoms with Crippen molar-refractivity contribution < 1.29 is 4.79 Å². The van der Waals surface area contributed by atoms with E-state index >= 15 is 0 Å². The standard InChI is InChI=1S/C7H3Cl3OS/c8-4-1-2-6(12-10)5(3-4)7(9)11/h1-3H. The van der Waals surface area contributed by atoms with Crippen LogP contribution < -0.4 is 0 Å². The molecule has 0 amide bonds. The Kier molecular flexibility index (Phi) is 3.72. The van der Waals surface area contributed by atoms with Gasteiger partial charge in [-0.1, -0.05) is 11.6 Å². The molecule has 12 heavy (non-hydrogen) atoms. The highest BCUT2D eigenvalue weighted by Gasteiger charge is 2.09. The predicted octanol–water partition coefficient (Wildman–Crippen LogP) is 3.96. The van der Waals surface area contributed by atoms with Crippen LogP contribution >= 0.6 is 44.9 Å². The Morgan fingerprint density at radius 2 is 2.08 bits per heavy atom. The highest BCUT2D eigenvalue weighted by atomic mass is 35.7. The Hall–Kier alpha value is 0.110. The van der Waals surface area contributed by atoms with Crippen molar-refractivity contribution in [2.45, 2.75) is 4.90 Å². The normalized spacial score (nSPS) is 9.92. The first-order valence-corrected chi connectivity index (χ1v) is 5.33. The quantitative estimate of drug-likeness (QED) is 0.729. The minimum atomic E-state index is -0.555. The van der Waals surface area contributed by atoms with E-state index in [2.05, 4.69) is 0 Å². The molecule has 1 aromatic carbocycles. The largest absolute Gasteiger partial charge is 0.276 e. The number of hydrogen-bond acceptors (Lipinski definition) is 2. The van der Waals surface area contributed by atoms with Gasteiger partial charge < -0.3 is 0 Å². The number of carbonyl (C=O) groups is 1. The summed E-state index contributed by atoms with van der Waals surface area (Å²) in [7, 11) is 6.43. The first-order valence-electron chi connectivity index (χ1n) is 2.93. The highest BCUT2D eigenvalue weighted by Crippen LogP contribution is 2.29. The van der Waals surface area contributed by atoms with Crippen LogP contribution in [0, 0.1) is 0 Å². The van der Waals surface area contributed by atoms with Crippen LogP contribution in [0.25, 0.3) is 0 Å². The van der Waals surface area contributed by atoms with E-state index in [9.17, 15) is 4.79 Å². The van der Waals surface area contributed by atoms with Crippen molar-refractivity contribution in [2.24, 2.45) is 0 Å². The topological polar surface area (TPSA) is 17.1 Å². The van der Waals surface area contributed by atoms with Crippen molar-refractivity contribution in [3.63, 3.8) is 0 Å². The molecule has 0 bridgehead atoms. The van der Waals surface area contributed by atoms with Crippen molar-refractivity contribution in [3.8, 4) is 0 Å². The van der Waals surface area contributed by atoms with E-state index in [1.807, 2.05) is 0 Å². The average molecular weight is 242 g/mol. The Bertz CT molecular complexity index is 314. The van der Waals surface area contributed by atoms with Gasteiger partial charge >= 0.3 is 0 Å². The summed E-state index contributed by atoms with van der Waals surface area (Å²) in [5.74, 6) is 0. The van der Waals surface area contributed by atoms with Crippen LogP contribution in [0.1, 0.15) is 10.4 Å². The molecule has 0 saturated heterocycles. The highest BCUT2D eigenvalue weighted by molar-refractivity contribution is 8.21. The van der Waals surface area contributed by atoms with Gasteiger partial charge in [0.05, 0.1) is 5.56 Å². The van der Waals surface area contributed by atoms with Crippen LogP contribution in [0.15, 0.2) is 23.1 Å². The van der Waals surface area contributed by atoms with Gasteiger partial charge in [0.1, 0.15) is 0 Å². The van der Waals surface area contributed by atoms with Gasteiger partial charge in [-0.25, -0.2) is 0 Å². The number of halogens is 3. The van der Waals surface area contributed by atoms with Crippen LogP contribution in [0.2, 0.25) is 5.02 Å². The SMILES string of the molecule is O=C(Cl)c1cc(Cl)ccc1SCl. The summed E-state index contributed by atoms with van der Waals surface area (Å²) in [4.78, 5) is 11.4. The minimum absolute atomic E-state index is 0.337. The van der Waals surface area contributed by atoms with E-state index in [0.29, 0.717) is 15.5 Å². The van der Waals surface area contributed by atoms with Gasteiger partial charge in [-0.2, -0.15) is 0 Å². The van der Waals surface area contributed by atoms with Gasteiger partial charge in [0.25, 0.3) is 5.24 Å². The number of hydrogen-bond donors (Lipinski definition) is 0. The van der Waals surface area contributed by atoms with Gasteiger partial charge in [0.15, 0.2) is 0 Å². The van der Waals surface area contributed by atoms with Crippen LogP contribution in [0.4, 0.5) is 0 Å². The van der Waals surface area contributed by atoms with Gasteiger partial charge in [-0.05, 0) is 51.5 Å². The Labute approximate surface area is 88.5 Å². The molecule has 0 N–H and O–H groups in total. The number of benzene rings is 1. The molecule has 0 atom stereocenters. The maximum Gasteiger partial charge on any atom is 0.253 e.